The molecule has 21 heavy (non-hydrogen) atoms. The van der Waals surface area contributed by atoms with Gasteiger partial charge in [0.2, 0.25) is 5.91 Å². The summed E-state index contributed by atoms with van der Waals surface area (Å²) in [5, 5.41) is 7.39. The first-order chi connectivity index (χ1) is 9.62. The van der Waals surface area contributed by atoms with Crippen molar-refractivity contribution in [3.05, 3.63) is 33.8 Å². The minimum absolute atomic E-state index is 0. The average Bonchev–Trinajstić information content (AvgIpc) is 3.20. The summed E-state index contributed by atoms with van der Waals surface area (Å²) in [6.45, 7) is 4.50. The third-order valence-corrected chi connectivity index (χ3v) is 4.27. The predicted molar refractivity (Wildman–Crippen MR) is 90.8 cm³/mol. The molecule has 2 N–H and O–H groups in total. The van der Waals surface area contributed by atoms with Crippen LogP contribution in [0, 0.1) is 0 Å². The number of nitrogens with one attached hydrogen (secondary N) is 2. The van der Waals surface area contributed by atoms with Gasteiger partial charge in [-0.25, -0.2) is 0 Å². The van der Waals surface area contributed by atoms with Gasteiger partial charge in [-0.05, 0) is 37.9 Å². The van der Waals surface area contributed by atoms with Gasteiger partial charge in [0.25, 0.3) is 0 Å². The van der Waals surface area contributed by atoms with Gasteiger partial charge in [-0.2, -0.15) is 0 Å². The fourth-order valence-electron chi connectivity index (χ4n) is 2.41. The molecular formula is C15H21Cl3N2O. The molecule has 0 aromatic heterocycles. The molecule has 0 unspecified atom stereocenters. The molecule has 0 atom stereocenters. The number of benzene rings is 1. The van der Waals surface area contributed by atoms with E-state index in [1.165, 1.54) is 0 Å². The van der Waals surface area contributed by atoms with Gasteiger partial charge in [0, 0.05) is 28.7 Å². The van der Waals surface area contributed by atoms with E-state index in [4.69, 9.17) is 23.2 Å². The molecule has 1 aromatic rings. The molecule has 2 rings (SSSR count). The summed E-state index contributed by atoms with van der Waals surface area (Å²) in [7, 11) is 0. The molecule has 1 amide bonds. The second-order valence-electron chi connectivity index (χ2n) is 5.18. The molecule has 118 valence electrons. The molecule has 6 heteroatoms. The molecular weight excluding hydrogens is 331 g/mol. The highest BCUT2D eigenvalue weighted by molar-refractivity contribution is 6.36. The molecule has 1 aromatic carbocycles. The van der Waals surface area contributed by atoms with Crippen LogP contribution in [-0.2, 0) is 10.2 Å². The van der Waals surface area contributed by atoms with E-state index < -0.39 is 5.41 Å². The summed E-state index contributed by atoms with van der Waals surface area (Å²) in [6.07, 6.45) is 2.71. The SMILES string of the molecule is CCCNCCNC(=O)C1(c2c(Cl)cccc2Cl)CC1.Cl. The summed E-state index contributed by atoms with van der Waals surface area (Å²) in [5.41, 5.74) is 0.266. The normalized spacial score (nSPS) is 15.2. The van der Waals surface area contributed by atoms with E-state index in [1.807, 2.05) is 0 Å². The fourth-order valence-corrected chi connectivity index (χ4v) is 3.17. The van der Waals surface area contributed by atoms with Crippen molar-refractivity contribution < 1.29 is 4.79 Å². The van der Waals surface area contributed by atoms with Crippen molar-refractivity contribution in [3.63, 3.8) is 0 Å². The van der Waals surface area contributed by atoms with Crippen LogP contribution < -0.4 is 10.6 Å². The zero-order valence-corrected chi connectivity index (χ0v) is 14.4. The Hall–Kier alpha value is -0.480. The monoisotopic (exact) mass is 350 g/mol. The first kappa shape index (κ1) is 18.6. The fraction of sp³-hybridized carbons (Fsp3) is 0.533. The number of hydrogen-bond donors (Lipinski definition) is 2. The van der Waals surface area contributed by atoms with Gasteiger partial charge in [-0.15, -0.1) is 12.4 Å². The average molecular weight is 352 g/mol. The molecule has 1 saturated carbocycles. The number of hydrogen-bond acceptors (Lipinski definition) is 2. The Morgan fingerprint density at radius 3 is 2.33 bits per heavy atom. The van der Waals surface area contributed by atoms with E-state index in [0.717, 1.165) is 37.9 Å². The number of amides is 1. The molecule has 1 aliphatic carbocycles. The first-order valence-corrected chi connectivity index (χ1v) is 7.81. The molecule has 1 aliphatic rings. The van der Waals surface area contributed by atoms with Crippen LogP contribution in [0.2, 0.25) is 10.0 Å². The van der Waals surface area contributed by atoms with E-state index in [9.17, 15) is 4.79 Å². The standard InChI is InChI=1S/C15H20Cl2N2O.ClH/c1-2-8-18-9-10-19-14(20)15(6-7-15)13-11(16)4-3-5-12(13)17;/h3-5,18H,2,6-10H2,1H3,(H,19,20);1H. The van der Waals surface area contributed by atoms with Gasteiger partial charge >= 0.3 is 0 Å². The van der Waals surface area contributed by atoms with Crippen molar-refractivity contribution in [1.29, 1.82) is 0 Å². The maximum absolute atomic E-state index is 12.4. The quantitative estimate of drug-likeness (QED) is 0.737. The van der Waals surface area contributed by atoms with Crippen molar-refractivity contribution in [3.8, 4) is 0 Å². The van der Waals surface area contributed by atoms with Crippen LogP contribution in [0.4, 0.5) is 0 Å². The molecule has 0 heterocycles. The molecule has 0 radical (unpaired) electrons. The van der Waals surface area contributed by atoms with Crippen LogP contribution in [0.5, 0.6) is 0 Å². The minimum Gasteiger partial charge on any atom is -0.354 e. The van der Waals surface area contributed by atoms with Gasteiger partial charge in [-0.1, -0.05) is 36.2 Å². The lowest BCUT2D eigenvalue weighted by Crippen LogP contribution is -2.39. The lowest BCUT2D eigenvalue weighted by atomic mass is 9.94. The summed E-state index contributed by atoms with van der Waals surface area (Å²) in [6, 6.07) is 5.38. The van der Waals surface area contributed by atoms with E-state index in [0.29, 0.717) is 16.6 Å². The lowest BCUT2D eigenvalue weighted by Gasteiger charge is -2.18. The number of carbonyl (C=O) groups is 1. The van der Waals surface area contributed by atoms with Crippen molar-refractivity contribution in [2.24, 2.45) is 0 Å². The Morgan fingerprint density at radius 1 is 1.19 bits per heavy atom. The van der Waals surface area contributed by atoms with E-state index in [2.05, 4.69) is 17.6 Å². The second kappa shape index (κ2) is 8.23. The van der Waals surface area contributed by atoms with Crippen molar-refractivity contribution in [2.45, 2.75) is 31.6 Å². The largest absolute Gasteiger partial charge is 0.354 e. The van der Waals surface area contributed by atoms with Gasteiger partial charge < -0.3 is 10.6 Å². The van der Waals surface area contributed by atoms with Crippen molar-refractivity contribution in [1.82, 2.24) is 10.6 Å². The number of carbonyl (C=O) groups excluding carboxylic acids is 1. The van der Waals surface area contributed by atoms with Crippen molar-refractivity contribution in [2.75, 3.05) is 19.6 Å². The van der Waals surface area contributed by atoms with Crippen LogP contribution in [-0.4, -0.2) is 25.5 Å². The Bertz CT molecular complexity index is 470. The summed E-state index contributed by atoms with van der Waals surface area (Å²) >= 11 is 12.4. The van der Waals surface area contributed by atoms with Crippen LogP contribution >= 0.6 is 35.6 Å². The third kappa shape index (κ3) is 4.26. The van der Waals surface area contributed by atoms with Gasteiger partial charge in [0.05, 0.1) is 5.41 Å². The third-order valence-electron chi connectivity index (χ3n) is 3.64. The van der Waals surface area contributed by atoms with Crippen molar-refractivity contribution >= 4 is 41.5 Å². The molecule has 1 fully saturated rings. The molecule has 0 bridgehead atoms. The van der Waals surface area contributed by atoms with Crippen LogP contribution in [0.3, 0.4) is 0 Å². The Morgan fingerprint density at radius 2 is 1.81 bits per heavy atom. The predicted octanol–water partition coefficient (Wildman–Crippen LogP) is 3.56. The summed E-state index contributed by atoms with van der Waals surface area (Å²) in [4.78, 5) is 12.4. The highest BCUT2D eigenvalue weighted by Crippen LogP contribution is 2.52. The zero-order valence-electron chi connectivity index (χ0n) is 12.0. The van der Waals surface area contributed by atoms with Crippen LogP contribution in [0.15, 0.2) is 18.2 Å². The minimum atomic E-state index is -0.514. The zero-order chi connectivity index (χ0) is 14.6. The highest BCUT2D eigenvalue weighted by atomic mass is 35.5. The maximum Gasteiger partial charge on any atom is 0.230 e. The van der Waals surface area contributed by atoms with Crippen LogP contribution in [0.1, 0.15) is 31.7 Å². The van der Waals surface area contributed by atoms with Crippen LogP contribution in [0.25, 0.3) is 0 Å². The Balaban J connectivity index is 0.00000220. The Labute approximate surface area is 142 Å². The van der Waals surface area contributed by atoms with E-state index >= 15 is 0 Å². The molecule has 0 saturated heterocycles. The lowest BCUT2D eigenvalue weighted by molar-refractivity contribution is -0.123. The smallest absolute Gasteiger partial charge is 0.230 e. The van der Waals surface area contributed by atoms with E-state index in [1.54, 1.807) is 18.2 Å². The van der Waals surface area contributed by atoms with Gasteiger partial charge in [0.15, 0.2) is 0 Å². The molecule has 0 aliphatic heterocycles. The summed E-state index contributed by atoms with van der Waals surface area (Å²) in [5.74, 6) is 0.0331. The number of halogens is 3. The first-order valence-electron chi connectivity index (χ1n) is 7.05. The van der Waals surface area contributed by atoms with Gasteiger partial charge in [-0.3, -0.25) is 4.79 Å². The maximum atomic E-state index is 12.4. The highest BCUT2D eigenvalue weighted by Gasteiger charge is 2.53. The molecule has 3 nitrogen and oxygen atoms in total. The number of rotatable bonds is 7. The summed E-state index contributed by atoms with van der Waals surface area (Å²) < 4.78 is 0. The topological polar surface area (TPSA) is 41.1 Å². The molecule has 0 spiro atoms. The van der Waals surface area contributed by atoms with Gasteiger partial charge in [0.1, 0.15) is 0 Å². The second-order valence-corrected chi connectivity index (χ2v) is 6.00. The Kier molecular flexibility index (Phi) is 7.28. The van der Waals surface area contributed by atoms with E-state index in [-0.39, 0.29) is 18.3 Å².